The van der Waals surface area contributed by atoms with E-state index in [0.717, 1.165) is 11.0 Å². The summed E-state index contributed by atoms with van der Waals surface area (Å²) in [6.07, 6.45) is 3.28. The van der Waals surface area contributed by atoms with Gasteiger partial charge in [-0.1, -0.05) is 12.1 Å². The van der Waals surface area contributed by atoms with Crippen molar-refractivity contribution < 1.29 is 0 Å². The number of fused-ring (bicyclic) bond motifs is 1. The maximum absolute atomic E-state index is 5.06. The molecule has 1 N–H and O–H groups in total. The van der Waals surface area contributed by atoms with Crippen molar-refractivity contribution in [2.24, 2.45) is 5.10 Å². The second-order valence-corrected chi connectivity index (χ2v) is 4.30. The highest BCUT2D eigenvalue weighted by Gasteiger charge is 1.99. The van der Waals surface area contributed by atoms with Crippen molar-refractivity contribution in [2.75, 3.05) is 0 Å². The van der Waals surface area contributed by atoms with E-state index in [2.05, 4.69) is 25.3 Å². The number of rotatable bonds is 2. The summed E-state index contributed by atoms with van der Waals surface area (Å²) < 4.78 is 1.98. The van der Waals surface area contributed by atoms with E-state index in [-0.39, 0.29) is 0 Å². The van der Waals surface area contributed by atoms with Gasteiger partial charge in [0.25, 0.3) is 0 Å². The van der Waals surface area contributed by atoms with Crippen LogP contribution in [-0.2, 0) is 0 Å². The Morgan fingerprint density at radius 3 is 2.84 bits per heavy atom. The quantitative estimate of drug-likeness (QED) is 0.571. The lowest BCUT2D eigenvalue weighted by Gasteiger charge is -1.97. The summed E-state index contributed by atoms with van der Waals surface area (Å²) >= 11 is 5.06. The molecule has 0 saturated heterocycles. The van der Waals surface area contributed by atoms with E-state index >= 15 is 0 Å². The van der Waals surface area contributed by atoms with Crippen LogP contribution in [0.3, 0.4) is 0 Å². The number of nitrogens with zero attached hydrogens (tertiary/aromatic N) is 5. The number of hydrogen-bond donors (Lipinski definition) is 1. The van der Waals surface area contributed by atoms with Crippen LogP contribution in [0.1, 0.15) is 11.5 Å². The molecule has 0 aliphatic heterocycles. The molecule has 0 unspecified atom stereocenters. The lowest BCUT2D eigenvalue weighted by atomic mass is 10.3. The first-order chi connectivity index (χ1) is 9.24. The van der Waals surface area contributed by atoms with Gasteiger partial charge in [0.1, 0.15) is 11.5 Å². The second-order valence-electron chi connectivity index (χ2n) is 3.92. The number of H-pyrrole nitrogens is 1. The van der Waals surface area contributed by atoms with E-state index in [1.165, 1.54) is 4.68 Å². The Bertz CT molecular complexity index is 816. The summed E-state index contributed by atoms with van der Waals surface area (Å²) in [5.74, 6) is 0.690. The van der Waals surface area contributed by atoms with Crippen LogP contribution in [0.5, 0.6) is 0 Å². The molecule has 0 fully saturated rings. The first-order valence-electron chi connectivity index (χ1n) is 5.64. The van der Waals surface area contributed by atoms with Crippen LogP contribution in [0.4, 0.5) is 0 Å². The van der Waals surface area contributed by atoms with E-state index in [1.807, 2.05) is 31.2 Å². The Morgan fingerprint density at radius 1 is 1.32 bits per heavy atom. The molecule has 1 aromatic carbocycles. The molecule has 0 aliphatic rings. The predicted octanol–water partition coefficient (Wildman–Crippen LogP) is 2.07. The third kappa shape index (κ3) is 2.27. The highest BCUT2D eigenvalue weighted by molar-refractivity contribution is 7.71. The normalized spacial score (nSPS) is 11.4. The summed E-state index contributed by atoms with van der Waals surface area (Å²) in [7, 11) is 0. The summed E-state index contributed by atoms with van der Waals surface area (Å²) in [4.78, 5) is 8.76. The van der Waals surface area contributed by atoms with Gasteiger partial charge in [-0.2, -0.15) is 14.9 Å². The van der Waals surface area contributed by atoms with Gasteiger partial charge in [-0.3, -0.25) is 10.1 Å². The van der Waals surface area contributed by atoms with Gasteiger partial charge in [-0.05, 0) is 31.3 Å². The van der Waals surface area contributed by atoms with Gasteiger partial charge in [0.15, 0.2) is 0 Å². The van der Waals surface area contributed by atoms with Gasteiger partial charge < -0.3 is 0 Å². The molecule has 0 radical (unpaired) electrons. The molecule has 0 spiro atoms. The maximum Gasteiger partial charge on any atom is 0.216 e. The first-order valence-corrected chi connectivity index (χ1v) is 6.05. The Labute approximate surface area is 113 Å². The average Bonchev–Trinajstić information content (AvgIpc) is 2.76. The highest BCUT2D eigenvalue weighted by atomic mass is 32.1. The van der Waals surface area contributed by atoms with Crippen molar-refractivity contribution in [1.82, 2.24) is 24.8 Å². The smallest absolute Gasteiger partial charge is 0.216 e. The Morgan fingerprint density at radius 2 is 2.11 bits per heavy atom. The fourth-order valence-electron chi connectivity index (χ4n) is 1.66. The van der Waals surface area contributed by atoms with Crippen LogP contribution in [0.15, 0.2) is 35.6 Å². The predicted molar refractivity (Wildman–Crippen MR) is 74.7 cm³/mol. The van der Waals surface area contributed by atoms with Crippen LogP contribution >= 0.6 is 12.2 Å². The van der Waals surface area contributed by atoms with E-state index in [0.29, 0.717) is 16.3 Å². The fraction of sp³-hybridized carbons (Fsp3) is 0.0833. The van der Waals surface area contributed by atoms with Crippen molar-refractivity contribution >= 4 is 29.5 Å². The minimum atomic E-state index is 0.447. The zero-order chi connectivity index (χ0) is 13.2. The highest BCUT2D eigenvalue weighted by Crippen LogP contribution is 2.07. The van der Waals surface area contributed by atoms with Crippen molar-refractivity contribution in [1.29, 1.82) is 0 Å². The summed E-state index contributed by atoms with van der Waals surface area (Å²) in [5.41, 5.74) is 2.36. The number of para-hydroxylation sites is 2. The third-order valence-corrected chi connectivity index (χ3v) is 2.85. The fourth-order valence-corrected chi connectivity index (χ4v) is 1.88. The number of benzene rings is 1. The van der Waals surface area contributed by atoms with Crippen molar-refractivity contribution in [2.45, 2.75) is 6.92 Å². The Balaban J connectivity index is 1.99. The number of hydrogen-bond acceptors (Lipinski definition) is 5. The van der Waals surface area contributed by atoms with Crippen LogP contribution in [0.25, 0.3) is 11.0 Å². The second kappa shape index (κ2) is 4.69. The van der Waals surface area contributed by atoms with E-state index in [9.17, 15) is 0 Å². The molecule has 3 rings (SSSR count). The maximum atomic E-state index is 5.06. The molecule has 6 nitrogen and oxygen atoms in total. The molecule has 2 aromatic heterocycles. The molecule has 2 heterocycles. The van der Waals surface area contributed by atoms with Crippen molar-refractivity contribution in [3.05, 3.63) is 46.8 Å². The molecule has 19 heavy (non-hydrogen) atoms. The Kier molecular flexibility index (Phi) is 2.88. The molecule has 94 valence electrons. The topological polar surface area (TPSA) is 71.8 Å². The molecular formula is C12H10N6S. The minimum Gasteiger partial charge on any atom is -0.252 e. The number of aromatic amines is 1. The van der Waals surface area contributed by atoms with Gasteiger partial charge in [-0.25, -0.2) is 4.98 Å². The molecule has 0 atom stereocenters. The van der Waals surface area contributed by atoms with Gasteiger partial charge in [0, 0.05) is 0 Å². The average molecular weight is 270 g/mol. The Hall–Kier alpha value is -2.41. The number of nitrogens with one attached hydrogen (secondary N) is 1. The van der Waals surface area contributed by atoms with E-state index in [4.69, 9.17) is 12.2 Å². The zero-order valence-corrected chi connectivity index (χ0v) is 10.9. The molecule has 0 bridgehead atoms. The van der Waals surface area contributed by atoms with Crippen LogP contribution in [0, 0.1) is 11.7 Å². The van der Waals surface area contributed by atoms with Crippen LogP contribution in [0.2, 0.25) is 0 Å². The lowest BCUT2D eigenvalue weighted by molar-refractivity contribution is 0.820. The molecule has 3 aromatic rings. The molecular weight excluding hydrogens is 260 g/mol. The van der Waals surface area contributed by atoms with Gasteiger partial charge >= 0.3 is 0 Å². The monoisotopic (exact) mass is 270 g/mol. The van der Waals surface area contributed by atoms with E-state index in [1.54, 1.807) is 12.4 Å². The lowest BCUT2D eigenvalue weighted by Crippen LogP contribution is -1.96. The molecule has 0 amide bonds. The number of aryl methyl sites for hydroxylation is 1. The van der Waals surface area contributed by atoms with Crippen LogP contribution in [-0.4, -0.2) is 31.1 Å². The summed E-state index contributed by atoms with van der Waals surface area (Å²) in [6.45, 7) is 1.82. The largest absolute Gasteiger partial charge is 0.252 e. The van der Waals surface area contributed by atoms with Crippen molar-refractivity contribution in [3.8, 4) is 0 Å². The standard InChI is InChI=1S/C12H10N6S/c1-8-16-17-12(19)18(8)14-7-9-6-13-10-4-2-3-5-11(10)15-9/h2-7H,1H3,(H,17,19)/b14-7-. The zero-order valence-electron chi connectivity index (χ0n) is 10.1. The SMILES string of the molecule is Cc1n[nH]c(=S)n1/N=C\c1cnc2ccccc2n1. The summed E-state index contributed by atoms with van der Waals surface area (Å²) in [6, 6.07) is 7.68. The van der Waals surface area contributed by atoms with Gasteiger partial charge in [0.05, 0.1) is 23.4 Å². The first kappa shape index (κ1) is 11.7. The van der Waals surface area contributed by atoms with Gasteiger partial charge in [-0.15, -0.1) is 0 Å². The third-order valence-electron chi connectivity index (χ3n) is 2.58. The number of aromatic nitrogens is 5. The van der Waals surface area contributed by atoms with Crippen LogP contribution < -0.4 is 0 Å². The van der Waals surface area contributed by atoms with Gasteiger partial charge in [0.2, 0.25) is 4.77 Å². The summed E-state index contributed by atoms with van der Waals surface area (Å²) in [5, 5.41) is 10.9. The van der Waals surface area contributed by atoms with Crippen molar-refractivity contribution in [3.63, 3.8) is 0 Å². The molecule has 0 aliphatic carbocycles. The molecule has 0 saturated carbocycles. The van der Waals surface area contributed by atoms with E-state index < -0.39 is 0 Å². The minimum absolute atomic E-state index is 0.447. The molecule has 7 heteroatoms.